The zero-order valence-electron chi connectivity index (χ0n) is 19.8. The van der Waals surface area contributed by atoms with Crippen molar-refractivity contribution in [3.8, 4) is 11.1 Å². The van der Waals surface area contributed by atoms with Gasteiger partial charge in [-0.1, -0.05) is 24.3 Å². The Balaban J connectivity index is 1.44. The molecule has 2 atom stereocenters. The third kappa shape index (κ3) is 6.12. The van der Waals surface area contributed by atoms with Crippen LogP contribution in [-0.4, -0.2) is 49.5 Å². The zero-order valence-corrected chi connectivity index (χ0v) is 19.8. The lowest BCUT2D eigenvalue weighted by atomic mass is 10.0. The number of anilines is 1. The largest absolute Gasteiger partial charge is 0.451 e. The van der Waals surface area contributed by atoms with Crippen LogP contribution >= 0.6 is 0 Å². The number of carbonyl (C=O) groups is 2. The number of hydroxylamine groups is 1. The number of aliphatic imine (C=N–C) groups is 1. The van der Waals surface area contributed by atoms with E-state index in [2.05, 4.69) is 20.8 Å². The third-order valence-electron chi connectivity index (χ3n) is 5.53. The van der Waals surface area contributed by atoms with Crippen molar-refractivity contribution < 1.29 is 28.0 Å². The van der Waals surface area contributed by atoms with Crippen molar-refractivity contribution in [2.75, 3.05) is 25.1 Å². The number of hydrogen-bond donors (Lipinski definition) is 2. The molecule has 1 aliphatic heterocycles. The summed E-state index contributed by atoms with van der Waals surface area (Å²) in [5.41, 5.74) is 5.90. The van der Waals surface area contributed by atoms with Crippen LogP contribution in [0.4, 0.5) is 14.9 Å². The molecule has 2 heterocycles. The number of halogens is 1. The van der Waals surface area contributed by atoms with Crippen molar-refractivity contribution in [2.24, 2.45) is 4.99 Å². The number of cyclic esters (lactones) is 1. The highest BCUT2D eigenvalue weighted by Crippen LogP contribution is 2.30. The summed E-state index contributed by atoms with van der Waals surface area (Å²) in [6.07, 6.45) is 3.51. The van der Waals surface area contributed by atoms with Crippen LogP contribution in [0.2, 0.25) is 0 Å². The molecular weight excluding hydrogens is 469 g/mol. The first-order valence-electron chi connectivity index (χ1n) is 11.2. The van der Waals surface area contributed by atoms with Crippen molar-refractivity contribution in [1.82, 2.24) is 15.8 Å². The van der Waals surface area contributed by atoms with E-state index in [4.69, 9.17) is 14.0 Å². The summed E-state index contributed by atoms with van der Waals surface area (Å²) in [5.74, 6) is -0.687. The summed E-state index contributed by atoms with van der Waals surface area (Å²) in [4.78, 5) is 38.2. The second-order valence-corrected chi connectivity index (χ2v) is 8.11. The fraction of sp³-hybridized carbons (Fsp3) is 0.280. The van der Waals surface area contributed by atoms with E-state index in [1.807, 2.05) is 12.1 Å². The molecule has 2 amide bonds. The minimum absolute atomic E-state index is 0.203. The molecule has 11 heteroatoms. The van der Waals surface area contributed by atoms with E-state index >= 15 is 4.39 Å². The predicted octanol–water partition coefficient (Wildman–Crippen LogP) is 3.41. The molecule has 188 valence electrons. The summed E-state index contributed by atoms with van der Waals surface area (Å²) in [6.45, 7) is 2.18. The van der Waals surface area contributed by atoms with E-state index < -0.39 is 18.0 Å². The highest BCUT2D eigenvalue weighted by Gasteiger charge is 2.32. The lowest BCUT2D eigenvalue weighted by molar-refractivity contribution is -0.119. The zero-order chi connectivity index (χ0) is 25.5. The van der Waals surface area contributed by atoms with Gasteiger partial charge in [0.05, 0.1) is 38.5 Å². The van der Waals surface area contributed by atoms with Gasteiger partial charge >= 0.3 is 6.09 Å². The summed E-state index contributed by atoms with van der Waals surface area (Å²) in [6, 6.07) is 11.6. The maximum Gasteiger partial charge on any atom is 0.414 e. The summed E-state index contributed by atoms with van der Waals surface area (Å²) in [7, 11) is 1.52. The molecule has 1 unspecified atom stereocenters. The first kappa shape index (κ1) is 25.0. The highest BCUT2D eigenvalue weighted by atomic mass is 19.1. The summed E-state index contributed by atoms with van der Waals surface area (Å²) < 4.78 is 25.2. The molecule has 3 aromatic rings. The fourth-order valence-electron chi connectivity index (χ4n) is 3.75. The molecule has 0 bridgehead atoms. The second kappa shape index (κ2) is 11.6. The highest BCUT2D eigenvalue weighted by molar-refractivity contribution is 5.90. The lowest BCUT2D eigenvalue weighted by Crippen LogP contribution is -2.33. The van der Waals surface area contributed by atoms with Crippen molar-refractivity contribution in [3.63, 3.8) is 0 Å². The van der Waals surface area contributed by atoms with Crippen LogP contribution < -0.4 is 15.7 Å². The lowest BCUT2D eigenvalue weighted by Gasteiger charge is -2.16. The minimum Gasteiger partial charge on any atom is -0.451 e. The van der Waals surface area contributed by atoms with Crippen LogP contribution in [0.15, 0.2) is 64.5 Å². The van der Waals surface area contributed by atoms with Gasteiger partial charge in [0.25, 0.3) is 0 Å². The van der Waals surface area contributed by atoms with Gasteiger partial charge in [-0.2, -0.15) is 5.48 Å². The standard InChI is InChI=1S/C25H26FN5O5/c1-16(32)28-11-21-13-31(25(33)36-21)20-7-8-22(23(26)9-20)17-3-5-18(6-4-17)24(30-34-2)12-27-10-19-14-35-15-29-19/h3-9,12,14-15,21,24,30H,10-11,13H2,1-2H3,(H,28,32)/t21-,24?/m0/s1. The van der Waals surface area contributed by atoms with Crippen molar-refractivity contribution >= 4 is 23.9 Å². The van der Waals surface area contributed by atoms with Gasteiger partial charge in [-0.25, -0.2) is 14.2 Å². The van der Waals surface area contributed by atoms with E-state index in [0.29, 0.717) is 29.1 Å². The Morgan fingerprint density at radius 3 is 2.81 bits per heavy atom. The Morgan fingerprint density at radius 1 is 1.33 bits per heavy atom. The maximum absolute atomic E-state index is 15.0. The normalized spacial score (nSPS) is 16.4. The van der Waals surface area contributed by atoms with Crippen molar-refractivity contribution in [1.29, 1.82) is 0 Å². The number of nitrogens with zero attached hydrogens (tertiary/aromatic N) is 3. The van der Waals surface area contributed by atoms with E-state index in [1.54, 1.807) is 30.5 Å². The average Bonchev–Trinajstić information content (AvgIpc) is 3.52. The second-order valence-electron chi connectivity index (χ2n) is 8.11. The smallest absolute Gasteiger partial charge is 0.414 e. The molecule has 10 nitrogen and oxygen atoms in total. The Labute approximate surface area is 207 Å². The minimum atomic E-state index is -0.580. The van der Waals surface area contributed by atoms with Gasteiger partial charge in [0.2, 0.25) is 5.91 Å². The molecule has 2 aromatic carbocycles. The van der Waals surface area contributed by atoms with Gasteiger partial charge in [0.15, 0.2) is 6.39 Å². The molecule has 0 spiro atoms. The Bertz CT molecular complexity index is 1220. The van der Waals surface area contributed by atoms with Crippen LogP contribution in [-0.2, 0) is 20.9 Å². The molecule has 1 aliphatic rings. The fourth-order valence-corrected chi connectivity index (χ4v) is 3.75. The number of benzene rings is 2. The van der Waals surface area contributed by atoms with E-state index in [0.717, 1.165) is 5.56 Å². The molecule has 1 saturated heterocycles. The Kier molecular flexibility index (Phi) is 8.03. The van der Waals surface area contributed by atoms with Gasteiger partial charge in [-0.15, -0.1) is 0 Å². The summed E-state index contributed by atoms with van der Waals surface area (Å²) in [5, 5.41) is 2.62. The van der Waals surface area contributed by atoms with Crippen LogP contribution in [0.5, 0.6) is 0 Å². The average molecular weight is 496 g/mol. The van der Waals surface area contributed by atoms with Gasteiger partial charge < -0.3 is 19.3 Å². The van der Waals surface area contributed by atoms with E-state index in [1.165, 1.54) is 37.7 Å². The SMILES string of the molecule is CONC(C=NCc1cocn1)c1ccc(-c2ccc(N3C[C@H](CNC(C)=O)OC3=O)cc2F)cc1. The number of aromatic nitrogens is 1. The maximum atomic E-state index is 15.0. The van der Waals surface area contributed by atoms with Crippen molar-refractivity contribution in [3.05, 3.63) is 72.2 Å². The number of amides is 2. The molecule has 0 aliphatic carbocycles. The quantitative estimate of drug-likeness (QED) is 0.327. The van der Waals surface area contributed by atoms with Gasteiger partial charge in [-0.05, 0) is 29.3 Å². The molecule has 36 heavy (non-hydrogen) atoms. The predicted molar refractivity (Wildman–Crippen MR) is 130 cm³/mol. The monoisotopic (exact) mass is 495 g/mol. The van der Waals surface area contributed by atoms with E-state index in [-0.39, 0.29) is 25.0 Å². The number of ether oxygens (including phenoxy) is 1. The number of oxazole rings is 1. The van der Waals surface area contributed by atoms with Gasteiger partial charge in [0, 0.05) is 18.7 Å². The first-order valence-corrected chi connectivity index (χ1v) is 11.2. The third-order valence-corrected chi connectivity index (χ3v) is 5.53. The number of rotatable bonds is 10. The molecule has 2 N–H and O–H groups in total. The molecular formula is C25H26FN5O5. The molecule has 0 radical (unpaired) electrons. The van der Waals surface area contributed by atoms with Gasteiger partial charge in [-0.3, -0.25) is 14.7 Å². The van der Waals surface area contributed by atoms with Crippen molar-refractivity contribution in [2.45, 2.75) is 25.6 Å². The molecule has 0 saturated carbocycles. The summed E-state index contributed by atoms with van der Waals surface area (Å²) >= 11 is 0. The number of hydrogen-bond acceptors (Lipinski definition) is 8. The van der Waals surface area contributed by atoms with Crippen LogP contribution in [0.3, 0.4) is 0 Å². The van der Waals surface area contributed by atoms with Crippen LogP contribution in [0, 0.1) is 5.82 Å². The van der Waals surface area contributed by atoms with Crippen LogP contribution in [0.25, 0.3) is 11.1 Å². The molecule has 4 rings (SSSR count). The Hall–Kier alpha value is -4.09. The Morgan fingerprint density at radius 2 is 2.14 bits per heavy atom. The van der Waals surface area contributed by atoms with Crippen LogP contribution in [0.1, 0.15) is 24.2 Å². The molecule has 1 fully saturated rings. The number of carbonyl (C=O) groups excluding carboxylic acids is 2. The van der Waals surface area contributed by atoms with E-state index in [9.17, 15) is 9.59 Å². The first-order chi connectivity index (χ1) is 17.4. The molecule has 1 aromatic heterocycles. The number of nitrogens with one attached hydrogen (secondary N) is 2. The van der Waals surface area contributed by atoms with Gasteiger partial charge in [0.1, 0.15) is 23.9 Å². The topological polar surface area (TPSA) is 118 Å².